The molecule has 0 aliphatic carbocycles. The van der Waals surface area contributed by atoms with Crippen LogP contribution in [0.4, 0.5) is 0 Å². The number of hydrogen-bond acceptors (Lipinski definition) is 4. The molecule has 132 valence electrons. The van der Waals surface area contributed by atoms with E-state index in [2.05, 4.69) is 15.6 Å². The van der Waals surface area contributed by atoms with Crippen molar-refractivity contribution in [2.45, 2.75) is 20.5 Å². The molecule has 0 heterocycles. The minimum absolute atomic E-state index is 0. The molecule has 2 aromatic rings. The van der Waals surface area contributed by atoms with Gasteiger partial charge >= 0.3 is 51.4 Å². The Hall–Kier alpha value is -0.894. The third kappa shape index (κ3) is 6.37. The summed E-state index contributed by atoms with van der Waals surface area (Å²) in [6.07, 6.45) is 0. The molecule has 5 nitrogen and oxygen atoms in total. The van der Waals surface area contributed by atoms with E-state index in [4.69, 9.17) is 21.3 Å². The zero-order valence-corrected chi connectivity index (χ0v) is 19.7. The first kappa shape index (κ1) is 23.1. The predicted octanol–water partition coefficient (Wildman–Crippen LogP) is 1.90. The van der Waals surface area contributed by atoms with Crippen LogP contribution in [-0.4, -0.2) is 25.7 Å². The maximum Gasteiger partial charge on any atom is 1.00 e. The Kier molecular flexibility index (Phi) is 10.5. The van der Waals surface area contributed by atoms with Crippen LogP contribution in [-0.2, 0) is 16.3 Å². The van der Waals surface area contributed by atoms with Crippen LogP contribution < -0.4 is 51.4 Å². The molecule has 0 radical (unpaired) electrons. The molecule has 2 aromatic carbocycles. The van der Waals surface area contributed by atoms with E-state index < -0.39 is 0 Å². The van der Waals surface area contributed by atoms with Gasteiger partial charge in [-0.2, -0.15) is 0 Å². The molecule has 0 saturated heterocycles. The van der Waals surface area contributed by atoms with Crippen LogP contribution in [0.25, 0.3) is 5.32 Å². The number of nitrogens with zero attached hydrogens (tertiary/aromatic N) is 3. The van der Waals surface area contributed by atoms with Crippen LogP contribution in [0.5, 0.6) is 0 Å². The van der Waals surface area contributed by atoms with E-state index in [1.807, 2.05) is 56.3 Å². The molecule has 0 N–H and O–H groups in total. The molecule has 0 aromatic heterocycles. The molecule has 0 aliphatic heterocycles. The molecule has 26 heavy (non-hydrogen) atoms. The number of benzene rings is 2. The third-order valence-electron chi connectivity index (χ3n) is 3.69. The average molecular weight is 398 g/mol. The molecule has 0 saturated carbocycles. The average Bonchev–Trinajstić information content (AvgIpc) is 2.61. The smallest absolute Gasteiger partial charge is 0.497 e. The van der Waals surface area contributed by atoms with Crippen molar-refractivity contribution in [2.75, 3.05) is 14.2 Å². The molecule has 0 aliphatic rings. The van der Waals surface area contributed by atoms with E-state index in [0.717, 1.165) is 28.0 Å². The van der Waals surface area contributed by atoms with Crippen molar-refractivity contribution in [3.05, 3.63) is 75.1 Å². The Balaban J connectivity index is 0.00000338. The van der Waals surface area contributed by atoms with Crippen LogP contribution in [0.3, 0.4) is 0 Å². The van der Waals surface area contributed by atoms with Gasteiger partial charge in [0.2, 0.25) is 0 Å². The summed E-state index contributed by atoms with van der Waals surface area (Å²) < 4.78 is 0. The predicted molar refractivity (Wildman–Crippen MR) is 102 cm³/mol. The molecule has 0 bridgehead atoms. The monoisotopic (exact) mass is 397 g/mol. The number of hydrogen-bond donors (Lipinski definition) is 0. The maximum absolute atomic E-state index is 6.01. The zero-order valence-electron chi connectivity index (χ0n) is 15.8. The number of halogens is 1. The molecule has 0 fully saturated rings. The van der Waals surface area contributed by atoms with Gasteiger partial charge in [-0.15, -0.1) is 0 Å². The van der Waals surface area contributed by atoms with Crippen molar-refractivity contribution in [1.29, 1.82) is 0 Å². The zero-order chi connectivity index (χ0) is 18.2. The first-order chi connectivity index (χ1) is 12.1. The van der Waals surface area contributed by atoms with E-state index in [1.54, 1.807) is 7.05 Å². The van der Waals surface area contributed by atoms with E-state index in [-0.39, 0.29) is 51.4 Å². The topological polar surface area (TPSA) is 57.3 Å². The number of oxime groups is 2. The largest absolute Gasteiger partial charge is 1.00 e. The Bertz CT molecular complexity index is 794. The van der Waals surface area contributed by atoms with Gasteiger partial charge in [-0.25, -0.2) is 0 Å². The quantitative estimate of drug-likeness (QED) is 0.323. The van der Waals surface area contributed by atoms with E-state index in [0.29, 0.717) is 17.5 Å². The molecule has 2 rings (SSSR count). The Labute approximate surface area is 202 Å². The summed E-state index contributed by atoms with van der Waals surface area (Å²) in [5.74, 6) is 0.514. The number of aryl methyl sites for hydroxylation is 1. The van der Waals surface area contributed by atoms with Gasteiger partial charge in [0.25, 0.3) is 0 Å². The summed E-state index contributed by atoms with van der Waals surface area (Å²) in [7, 11) is 3.17. The molecule has 0 amide bonds. The summed E-state index contributed by atoms with van der Waals surface area (Å²) in [6, 6.07) is 13.4. The fourth-order valence-electron chi connectivity index (χ4n) is 2.36. The summed E-state index contributed by atoms with van der Waals surface area (Å²) in [5.41, 5.74) is 4.57. The molecular weight excluding hydrogens is 377 g/mol. The maximum atomic E-state index is 6.01. The molecule has 0 spiro atoms. The Morgan fingerprint density at radius 3 is 2.54 bits per heavy atom. The fourth-order valence-corrected chi connectivity index (χ4v) is 2.55. The minimum atomic E-state index is 0. The third-order valence-corrected chi connectivity index (χ3v) is 3.93. The minimum Gasteiger partial charge on any atom is -0.497 e. The van der Waals surface area contributed by atoms with Crippen LogP contribution in [0.1, 0.15) is 29.2 Å². The van der Waals surface area contributed by atoms with Gasteiger partial charge in [0, 0.05) is 16.1 Å². The SMILES string of the molecule is C[N-]/C(=N/OC)c1cccc(C)c1CO/N=C(\C)c1cccc(Cl)c1.[K+]. The van der Waals surface area contributed by atoms with Gasteiger partial charge in [-0.3, -0.25) is 5.16 Å². The molecule has 0 unspecified atom stereocenters. The van der Waals surface area contributed by atoms with Gasteiger partial charge in [-0.1, -0.05) is 54.1 Å². The second-order valence-electron chi connectivity index (χ2n) is 5.38. The summed E-state index contributed by atoms with van der Waals surface area (Å²) in [4.78, 5) is 10.4. The molecular formula is C19H21ClKN3O2. The van der Waals surface area contributed by atoms with E-state index >= 15 is 0 Å². The fraction of sp³-hybridized carbons (Fsp3) is 0.263. The summed E-state index contributed by atoms with van der Waals surface area (Å²) in [6.45, 7) is 4.19. The molecule has 0 atom stereocenters. The van der Waals surface area contributed by atoms with Crippen LogP contribution in [0, 0.1) is 6.92 Å². The first-order valence-corrected chi connectivity index (χ1v) is 8.17. The van der Waals surface area contributed by atoms with Crippen LogP contribution >= 0.6 is 11.6 Å². The van der Waals surface area contributed by atoms with Crippen molar-refractivity contribution < 1.29 is 61.1 Å². The Morgan fingerprint density at radius 1 is 1.15 bits per heavy atom. The number of amidine groups is 1. The van der Waals surface area contributed by atoms with Gasteiger partial charge in [0.1, 0.15) is 6.61 Å². The van der Waals surface area contributed by atoms with Crippen molar-refractivity contribution >= 4 is 23.1 Å². The van der Waals surface area contributed by atoms with Crippen molar-refractivity contribution in [3.8, 4) is 0 Å². The van der Waals surface area contributed by atoms with Gasteiger partial charge in [0.15, 0.2) is 0 Å². The van der Waals surface area contributed by atoms with E-state index in [9.17, 15) is 0 Å². The first-order valence-electron chi connectivity index (χ1n) is 7.79. The standard InChI is InChI=1S/C19H21ClN3O2.K/c1-13-7-5-10-17(19(21-3)23-24-4)18(13)12-25-22-14(2)15-8-6-9-16(20)11-15;/h5-11H,12H2,1-4H3;/q-1;+1/b22-14+;. The van der Waals surface area contributed by atoms with Crippen LogP contribution in [0.2, 0.25) is 5.02 Å². The van der Waals surface area contributed by atoms with E-state index in [1.165, 1.54) is 7.11 Å². The van der Waals surface area contributed by atoms with Gasteiger partial charge < -0.3 is 15.0 Å². The summed E-state index contributed by atoms with van der Waals surface area (Å²) in [5, 5.41) is 13.0. The van der Waals surface area contributed by atoms with Crippen molar-refractivity contribution in [3.63, 3.8) is 0 Å². The second-order valence-corrected chi connectivity index (χ2v) is 5.82. The second kappa shape index (κ2) is 11.7. The normalized spacial score (nSPS) is 11.6. The number of rotatable bonds is 6. The Morgan fingerprint density at radius 2 is 1.88 bits per heavy atom. The van der Waals surface area contributed by atoms with Gasteiger partial charge in [0.05, 0.1) is 12.8 Å². The van der Waals surface area contributed by atoms with Crippen molar-refractivity contribution in [1.82, 2.24) is 0 Å². The van der Waals surface area contributed by atoms with Crippen molar-refractivity contribution in [2.24, 2.45) is 10.3 Å². The summed E-state index contributed by atoms with van der Waals surface area (Å²) >= 11 is 6.01. The van der Waals surface area contributed by atoms with Crippen LogP contribution in [0.15, 0.2) is 52.8 Å². The molecule has 7 heteroatoms. The van der Waals surface area contributed by atoms with Gasteiger partial charge in [-0.05, 0) is 42.9 Å².